The number of rotatable bonds is 3. The Kier molecular flexibility index (Phi) is 4.13. The van der Waals surface area contributed by atoms with Crippen LogP contribution in [0, 0.1) is 5.92 Å². The number of nitrogens with one attached hydrogen (secondary N) is 1. The molecule has 0 aliphatic carbocycles. The number of hydrogen-bond acceptors (Lipinski definition) is 4. The fourth-order valence-electron chi connectivity index (χ4n) is 3.47. The zero-order chi connectivity index (χ0) is 13.9. The van der Waals surface area contributed by atoms with Crippen molar-refractivity contribution in [1.29, 1.82) is 0 Å². The third-order valence-corrected chi connectivity index (χ3v) is 4.69. The quantitative estimate of drug-likeness (QED) is 0.903. The van der Waals surface area contributed by atoms with Crippen molar-refractivity contribution in [2.24, 2.45) is 5.92 Å². The van der Waals surface area contributed by atoms with Crippen LogP contribution in [0.3, 0.4) is 0 Å². The highest BCUT2D eigenvalue weighted by atomic mass is 16.5. The fourth-order valence-corrected chi connectivity index (χ4v) is 3.47. The van der Waals surface area contributed by atoms with Crippen molar-refractivity contribution in [2.75, 3.05) is 51.3 Å². The molecule has 0 bridgehead atoms. The summed E-state index contributed by atoms with van der Waals surface area (Å²) in [6.07, 6.45) is 0. The van der Waals surface area contributed by atoms with E-state index in [1.54, 1.807) is 7.11 Å². The van der Waals surface area contributed by atoms with Crippen molar-refractivity contribution in [3.8, 4) is 5.75 Å². The summed E-state index contributed by atoms with van der Waals surface area (Å²) in [5.41, 5.74) is 1.23. The fraction of sp³-hybridized carbons (Fsp3) is 0.625. The lowest BCUT2D eigenvalue weighted by Crippen LogP contribution is -2.52. The lowest BCUT2D eigenvalue weighted by atomic mass is 10.0. The molecule has 3 rings (SSSR count). The molecule has 2 atom stereocenters. The van der Waals surface area contributed by atoms with Crippen LogP contribution in [0.15, 0.2) is 24.3 Å². The molecule has 0 amide bonds. The van der Waals surface area contributed by atoms with Crippen LogP contribution in [0.5, 0.6) is 5.75 Å². The SMILES string of the molecule is COc1ccccc1N1CCN(C2CNCC2C)CC1. The van der Waals surface area contributed by atoms with E-state index in [0.717, 1.165) is 57.0 Å². The first-order chi connectivity index (χ1) is 9.79. The lowest BCUT2D eigenvalue weighted by Gasteiger charge is -2.40. The Balaban J connectivity index is 1.63. The second kappa shape index (κ2) is 6.02. The highest BCUT2D eigenvalue weighted by molar-refractivity contribution is 5.58. The third kappa shape index (κ3) is 2.63. The second-order valence-corrected chi connectivity index (χ2v) is 5.90. The molecule has 0 aromatic heterocycles. The number of benzene rings is 1. The minimum atomic E-state index is 0.717. The Bertz CT molecular complexity index is 443. The van der Waals surface area contributed by atoms with Crippen LogP contribution in [0.25, 0.3) is 0 Å². The van der Waals surface area contributed by atoms with E-state index in [4.69, 9.17) is 4.74 Å². The average molecular weight is 275 g/mol. The van der Waals surface area contributed by atoms with Crippen molar-refractivity contribution < 1.29 is 4.74 Å². The van der Waals surface area contributed by atoms with E-state index >= 15 is 0 Å². The van der Waals surface area contributed by atoms with Crippen LogP contribution >= 0.6 is 0 Å². The summed E-state index contributed by atoms with van der Waals surface area (Å²) < 4.78 is 5.48. The van der Waals surface area contributed by atoms with Crippen LogP contribution in [0.1, 0.15) is 6.92 Å². The summed E-state index contributed by atoms with van der Waals surface area (Å²) in [6.45, 7) is 9.14. The second-order valence-electron chi connectivity index (χ2n) is 5.90. The molecular formula is C16H25N3O. The maximum Gasteiger partial charge on any atom is 0.142 e. The average Bonchev–Trinajstić information content (AvgIpc) is 2.93. The van der Waals surface area contributed by atoms with E-state index < -0.39 is 0 Å². The van der Waals surface area contributed by atoms with Gasteiger partial charge in [0.05, 0.1) is 12.8 Å². The highest BCUT2D eigenvalue weighted by Crippen LogP contribution is 2.29. The van der Waals surface area contributed by atoms with Crippen molar-refractivity contribution in [3.05, 3.63) is 24.3 Å². The molecule has 2 unspecified atom stereocenters. The molecule has 0 radical (unpaired) electrons. The van der Waals surface area contributed by atoms with Crippen LogP contribution in [0.2, 0.25) is 0 Å². The molecule has 2 aliphatic heterocycles. The zero-order valence-electron chi connectivity index (χ0n) is 12.5. The van der Waals surface area contributed by atoms with E-state index in [0.29, 0.717) is 0 Å². The van der Waals surface area contributed by atoms with Crippen molar-refractivity contribution >= 4 is 5.69 Å². The molecule has 2 aliphatic rings. The molecule has 1 aromatic carbocycles. The molecule has 1 aromatic rings. The molecule has 0 spiro atoms. The molecule has 110 valence electrons. The number of para-hydroxylation sites is 2. The summed E-state index contributed by atoms with van der Waals surface area (Å²) in [5.74, 6) is 1.75. The van der Waals surface area contributed by atoms with Gasteiger partial charge in [0.25, 0.3) is 0 Å². The number of anilines is 1. The Labute approximate surface area is 121 Å². The van der Waals surface area contributed by atoms with Gasteiger partial charge in [0.2, 0.25) is 0 Å². The summed E-state index contributed by atoms with van der Waals surface area (Å²) in [6, 6.07) is 9.05. The van der Waals surface area contributed by atoms with Gasteiger partial charge in [0.15, 0.2) is 0 Å². The number of nitrogens with zero attached hydrogens (tertiary/aromatic N) is 2. The molecule has 1 N–H and O–H groups in total. The molecular weight excluding hydrogens is 250 g/mol. The molecule has 20 heavy (non-hydrogen) atoms. The number of hydrogen-bond donors (Lipinski definition) is 1. The van der Waals surface area contributed by atoms with Gasteiger partial charge in [-0.3, -0.25) is 4.90 Å². The van der Waals surface area contributed by atoms with Gasteiger partial charge in [0, 0.05) is 38.8 Å². The Morgan fingerprint density at radius 1 is 1.10 bits per heavy atom. The molecule has 4 heteroatoms. The number of piperazine rings is 1. The Morgan fingerprint density at radius 3 is 2.50 bits per heavy atom. The van der Waals surface area contributed by atoms with Gasteiger partial charge in [-0.2, -0.15) is 0 Å². The van der Waals surface area contributed by atoms with E-state index in [1.807, 2.05) is 12.1 Å². The van der Waals surface area contributed by atoms with Gasteiger partial charge in [-0.05, 0) is 24.6 Å². The van der Waals surface area contributed by atoms with Gasteiger partial charge in [-0.25, -0.2) is 0 Å². The first-order valence-corrected chi connectivity index (χ1v) is 7.62. The normalized spacial score (nSPS) is 27.8. The number of ether oxygens (including phenoxy) is 1. The van der Waals surface area contributed by atoms with Gasteiger partial charge in [-0.15, -0.1) is 0 Å². The van der Waals surface area contributed by atoms with Crippen molar-refractivity contribution in [3.63, 3.8) is 0 Å². The topological polar surface area (TPSA) is 27.7 Å². The van der Waals surface area contributed by atoms with Gasteiger partial charge >= 0.3 is 0 Å². The zero-order valence-corrected chi connectivity index (χ0v) is 12.5. The summed E-state index contributed by atoms with van der Waals surface area (Å²) in [4.78, 5) is 5.10. The summed E-state index contributed by atoms with van der Waals surface area (Å²) in [7, 11) is 1.75. The van der Waals surface area contributed by atoms with E-state index in [2.05, 4.69) is 34.2 Å². The van der Waals surface area contributed by atoms with E-state index in [1.165, 1.54) is 5.69 Å². The Hall–Kier alpha value is -1.26. The van der Waals surface area contributed by atoms with Crippen LogP contribution in [-0.2, 0) is 0 Å². The van der Waals surface area contributed by atoms with Crippen LogP contribution in [-0.4, -0.2) is 57.3 Å². The van der Waals surface area contributed by atoms with Crippen molar-refractivity contribution in [2.45, 2.75) is 13.0 Å². The summed E-state index contributed by atoms with van der Waals surface area (Å²) in [5, 5.41) is 3.51. The maximum atomic E-state index is 5.48. The first-order valence-electron chi connectivity index (χ1n) is 7.62. The lowest BCUT2D eigenvalue weighted by molar-refractivity contribution is 0.168. The highest BCUT2D eigenvalue weighted by Gasteiger charge is 2.31. The smallest absolute Gasteiger partial charge is 0.142 e. The minimum Gasteiger partial charge on any atom is -0.495 e. The minimum absolute atomic E-state index is 0.717. The molecule has 4 nitrogen and oxygen atoms in total. The Morgan fingerprint density at radius 2 is 1.85 bits per heavy atom. The maximum absolute atomic E-state index is 5.48. The predicted molar refractivity (Wildman–Crippen MR) is 82.6 cm³/mol. The molecule has 0 saturated carbocycles. The van der Waals surface area contributed by atoms with Crippen LogP contribution < -0.4 is 15.0 Å². The molecule has 2 fully saturated rings. The monoisotopic (exact) mass is 275 g/mol. The van der Waals surface area contributed by atoms with E-state index in [-0.39, 0.29) is 0 Å². The first kappa shape index (κ1) is 13.7. The van der Waals surface area contributed by atoms with Crippen LogP contribution in [0.4, 0.5) is 5.69 Å². The number of methoxy groups -OCH3 is 1. The van der Waals surface area contributed by atoms with E-state index in [9.17, 15) is 0 Å². The largest absolute Gasteiger partial charge is 0.495 e. The summed E-state index contributed by atoms with van der Waals surface area (Å²) >= 11 is 0. The molecule has 2 heterocycles. The standard InChI is InChI=1S/C16H25N3O/c1-13-11-17-12-15(13)19-9-7-18(8-10-19)14-5-3-4-6-16(14)20-2/h3-6,13,15,17H,7-12H2,1-2H3. The van der Waals surface area contributed by atoms with Gasteiger partial charge < -0.3 is 15.0 Å². The van der Waals surface area contributed by atoms with Gasteiger partial charge in [0.1, 0.15) is 5.75 Å². The van der Waals surface area contributed by atoms with Crippen molar-refractivity contribution in [1.82, 2.24) is 10.2 Å². The molecule has 2 saturated heterocycles. The third-order valence-electron chi connectivity index (χ3n) is 4.69. The predicted octanol–water partition coefficient (Wildman–Crippen LogP) is 1.43. The van der Waals surface area contributed by atoms with Gasteiger partial charge in [-0.1, -0.05) is 19.1 Å².